The van der Waals surface area contributed by atoms with Crippen molar-refractivity contribution in [3.63, 3.8) is 0 Å². The highest BCUT2D eigenvalue weighted by Crippen LogP contribution is 2.29. The third-order valence-electron chi connectivity index (χ3n) is 6.36. The van der Waals surface area contributed by atoms with Crippen LogP contribution in [0.3, 0.4) is 0 Å². The monoisotopic (exact) mass is 527 g/mol. The molecule has 0 aliphatic heterocycles. The maximum atomic E-state index is 14.1. The summed E-state index contributed by atoms with van der Waals surface area (Å²) in [5, 5.41) is 6.18. The molecule has 9 nitrogen and oxygen atoms in total. The van der Waals surface area contributed by atoms with E-state index in [1.807, 2.05) is 60.5 Å². The molecule has 0 saturated carbocycles. The van der Waals surface area contributed by atoms with E-state index in [9.17, 15) is 9.18 Å². The Kier molecular flexibility index (Phi) is 7.53. The molecule has 0 unspecified atom stereocenters. The summed E-state index contributed by atoms with van der Waals surface area (Å²) in [5.74, 6) is 1.29. The van der Waals surface area contributed by atoms with E-state index >= 15 is 0 Å². The summed E-state index contributed by atoms with van der Waals surface area (Å²) in [5.41, 5.74) is 3.32. The van der Waals surface area contributed by atoms with Crippen molar-refractivity contribution in [2.45, 2.75) is 32.7 Å². The van der Waals surface area contributed by atoms with Gasteiger partial charge in [-0.2, -0.15) is 0 Å². The zero-order valence-corrected chi connectivity index (χ0v) is 22.1. The molecule has 0 aliphatic rings. The molecule has 3 heterocycles. The second kappa shape index (κ2) is 11.3. The zero-order valence-electron chi connectivity index (χ0n) is 22.1. The van der Waals surface area contributed by atoms with Crippen molar-refractivity contribution in [2.24, 2.45) is 7.05 Å². The number of anilines is 2. The molecule has 0 fully saturated rings. The molecule has 5 rings (SSSR count). The summed E-state index contributed by atoms with van der Waals surface area (Å²) < 4.78 is 24.0. The summed E-state index contributed by atoms with van der Waals surface area (Å²) in [7, 11) is 1.91. The average molecular weight is 528 g/mol. The molecule has 0 aliphatic carbocycles. The number of halogens is 1. The van der Waals surface area contributed by atoms with Crippen molar-refractivity contribution >= 4 is 28.6 Å². The maximum absolute atomic E-state index is 14.1. The van der Waals surface area contributed by atoms with E-state index in [0.29, 0.717) is 29.6 Å². The Bertz CT molecular complexity index is 1600. The number of pyridine rings is 1. The lowest BCUT2D eigenvalue weighted by atomic mass is 10.0. The summed E-state index contributed by atoms with van der Waals surface area (Å²) in [6.07, 6.45) is 7.69. The number of aryl methyl sites for hydroxylation is 2. The van der Waals surface area contributed by atoms with E-state index in [1.165, 1.54) is 6.07 Å². The molecule has 1 amide bonds. The SMILES string of the molecule is CC(C)c1cc(Nc2nc3cc(Oc4ccnc(C(=O)NCCCn5ccnc5)c4)ccc3n2C)ccc1F. The Labute approximate surface area is 225 Å². The number of nitrogens with one attached hydrogen (secondary N) is 2. The molecule has 0 radical (unpaired) electrons. The number of nitrogens with zero attached hydrogens (tertiary/aromatic N) is 5. The van der Waals surface area contributed by atoms with Gasteiger partial charge in [0.2, 0.25) is 5.95 Å². The van der Waals surface area contributed by atoms with Crippen LogP contribution in [0.25, 0.3) is 11.0 Å². The largest absolute Gasteiger partial charge is 0.457 e. The van der Waals surface area contributed by atoms with Crippen LogP contribution < -0.4 is 15.4 Å². The number of imidazole rings is 2. The van der Waals surface area contributed by atoms with Gasteiger partial charge < -0.3 is 24.5 Å². The lowest BCUT2D eigenvalue weighted by molar-refractivity contribution is 0.0947. The molecule has 39 heavy (non-hydrogen) atoms. The lowest BCUT2D eigenvalue weighted by Crippen LogP contribution is -2.26. The second-order valence-electron chi connectivity index (χ2n) is 9.55. The van der Waals surface area contributed by atoms with Crippen LogP contribution in [0.5, 0.6) is 11.5 Å². The molecule has 0 atom stereocenters. The molecule has 0 bridgehead atoms. The molecule has 10 heteroatoms. The van der Waals surface area contributed by atoms with Gasteiger partial charge in [0.25, 0.3) is 5.91 Å². The highest BCUT2D eigenvalue weighted by Gasteiger charge is 2.13. The number of aromatic nitrogens is 5. The summed E-state index contributed by atoms with van der Waals surface area (Å²) in [6.45, 7) is 5.21. The van der Waals surface area contributed by atoms with Crippen LogP contribution in [0.1, 0.15) is 42.2 Å². The average Bonchev–Trinajstić information content (AvgIpc) is 3.55. The fourth-order valence-electron chi connectivity index (χ4n) is 4.26. The molecule has 2 aromatic carbocycles. The smallest absolute Gasteiger partial charge is 0.270 e. The van der Waals surface area contributed by atoms with Crippen molar-refractivity contribution in [3.05, 3.63) is 90.5 Å². The second-order valence-corrected chi connectivity index (χ2v) is 9.55. The van der Waals surface area contributed by atoms with Crippen molar-refractivity contribution in [3.8, 4) is 11.5 Å². The maximum Gasteiger partial charge on any atom is 0.270 e. The van der Waals surface area contributed by atoms with Gasteiger partial charge in [-0.05, 0) is 54.3 Å². The standard InChI is InChI=1S/C29H30FN7O2/c1-19(2)23-15-20(5-7-24(23)30)34-29-35-25-16-21(6-8-27(25)36(29)3)39-22-9-11-32-26(17-22)28(38)33-10-4-13-37-14-12-31-18-37/h5-9,11-12,14-19H,4,10,13H2,1-3H3,(H,33,38)(H,34,35). The number of hydrogen-bond donors (Lipinski definition) is 2. The summed E-state index contributed by atoms with van der Waals surface area (Å²) in [6, 6.07) is 13.9. The minimum atomic E-state index is -0.261. The Balaban J connectivity index is 1.25. The van der Waals surface area contributed by atoms with Crippen LogP contribution in [0, 0.1) is 5.82 Å². The first-order valence-electron chi connectivity index (χ1n) is 12.8. The third kappa shape index (κ3) is 6.06. The van der Waals surface area contributed by atoms with Crippen LogP contribution in [0.2, 0.25) is 0 Å². The predicted octanol–water partition coefficient (Wildman–Crippen LogP) is 5.78. The quantitative estimate of drug-likeness (QED) is 0.223. The molecular weight excluding hydrogens is 497 g/mol. The Morgan fingerprint density at radius 2 is 1.92 bits per heavy atom. The fraction of sp³-hybridized carbons (Fsp3) is 0.241. The normalized spacial score (nSPS) is 11.2. The van der Waals surface area contributed by atoms with Crippen molar-refractivity contribution in [2.75, 3.05) is 11.9 Å². The van der Waals surface area contributed by atoms with Crippen LogP contribution in [-0.2, 0) is 13.6 Å². The van der Waals surface area contributed by atoms with Crippen LogP contribution in [0.4, 0.5) is 16.0 Å². The van der Waals surface area contributed by atoms with E-state index in [2.05, 4.69) is 20.6 Å². The molecular formula is C29H30FN7O2. The molecule has 2 N–H and O–H groups in total. The first-order valence-corrected chi connectivity index (χ1v) is 12.8. The van der Waals surface area contributed by atoms with Gasteiger partial charge in [0.1, 0.15) is 23.0 Å². The molecule has 200 valence electrons. The Morgan fingerprint density at radius 3 is 2.72 bits per heavy atom. The van der Waals surface area contributed by atoms with Gasteiger partial charge in [-0.15, -0.1) is 0 Å². The highest BCUT2D eigenvalue weighted by molar-refractivity contribution is 5.92. The van der Waals surface area contributed by atoms with Crippen LogP contribution in [-0.4, -0.2) is 36.5 Å². The minimum absolute atomic E-state index is 0.0690. The van der Waals surface area contributed by atoms with Gasteiger partial charge in [0, 0.05) is 56.5 Å². The number of benzene rings is 2. The Hall–Kier alpha value is -4.73. The lowest BCUT2D eigenvalue weighted by Gasteiger charge is -2.11. The van der Waals surface area contributed by atoms with Gasteiger partial charge in [0.05, 0.1) is 17.4 Å². The third-order valence-corrected chi connectivity index (χ3v) is 6.36. The fourth-order valence-corrected chi connectivity index (χ4v) is 4.26. The number of carbonyl (C=O) groups is 1. The number of amides is 1. The summed E-state index contributed by atoms with van der Waals surface area (Å²) in [4.78, 5) is 25.5. The van der Waals surface area contributed by atoms with Crippen LogP contribution in [0.15, 0.2) is 73.4 Å². The first kappa shape index (κ1) is 25.9. The zero-order chi connectivity index (χ0) is 27.4. The summed E-state index contributed by atoms with van der Waals surface area (Å²) >= 11 is 0. The van der Waals surface area contributed by atoms with E-state index in [4.69, 9.17) is 9.72 Å². The first-order chi connectivity index (χ1) is 18.9. The van der Waals surface area contributed by atoms with Gasteiger partial charge in [-0.1, -0.05) is 13.8 Å². The predicted molar refractivity (Wildman–Crippen MR) is 148 cm³/mol. The van der Waals surface area contributed by atoms with Crippen molar-refractivity contribution in [1.82, 2.24) is 29.4 Å². The number of fused-ring (bicyclic) bond motifs is 1. The minimum Gasteiger partial charge on any atom is -0.457 e. The number of carbonyl (C=O) groups excluding carboxylic acids is 1. The number of rotatable bonds is 10. The van der Waals surface area contributed by atoms with Gasteiger partial charge in [-0.25, -0.2) is 14.4 Å². The van der Waals surface area contributed by atoms with Crippen molar-refractivity contribution < 1.29 is 13.9 Å². The molecule has 3 aromatic heterocycles. The molecule has 5 aromatic rings. The van der Waals surface area contributed by atoms with E-state index in [-0.39, 0.29) is 23.3 Å². The number of ether oxygens (including phenoxy) is 1. The Morgan fingerprint density at radius 1 is 1.08 bits per heavy atom. The van der Waals surface area contributed by atoms with E-state index < -0.39 is 0 Å². The van der Waals surface area contributed by atoms with Gasteiger partial charge in [-0.3, -0.25) is 9.78 Å². The van der Waals surface area contributed by atoms with Crippen LogP contribution >= 0.6 is 0 Å². The van der Waals surface area contributed by atoms with E-state index in [1.54, 1.807) is 36.9 Å². The highest BCUT2D eigenvalue weighted by atomic mass is 19.1. The van der Waals surface area contributed by atoms with E-state index in [0.717, 1.165) is 29.7 Å². The molecule has 0 saturated heterocycles. The number of hydrogen-bond acceptors (Lipinski definition) is 6. The molecule has 0 spiro atoms. The van der Waals surface area contributed by atoms with Crippen molar-refractivity contribution in [1.29, 1.82) is 0 Å². The topological polar surface area (TPSA) is 98.9 Å². The van der Waals surface area contributed by atoms with Gasteiger partial charge >= 0.3 is 0 Å². The van der Waals surface area contributed by atoms with Gasteiger partial charge in [0.15, 0.2) is 0 Å².